The number of H-pyrrole nitrogens is 1. The van der Waals surface area contributed by atoms with Crippen LogP contribution in [-0.4, -0.2) is 27.6 Å². The minimum Gasteiger partial charge on any atom is -0.494 e. The molecule has 3 aromatic rings. The van der Waals surface area contributed by atoms with Gasteiger partial charge in [-0.2, -0.15) is 0 Å². The molecule has 0 aliphatic heterocycles. The number of rotatable bonds is 3. The molecule has 25 heavy (non-hydrogen) atoms. The van der Waals surface area contributed by atoms with Gasteiger partial charge in [0.15, 0.2) is 5.88 Å². The van der Waals surface area contributed by atoms with Gasteiger partial charge in [0, 0.05) is 20.9 Å². The largest absolute Gasteiger partial charge is 0.494 e. The van der Waals surface area contributed by atoms with E-state index in [9.17, 15) is 14.7 Å². The van der Waals surface area contributed by atoms with Crippen molar-refractivity contribution in [1.29, 1.82) is 0 Å². The van der Waals surface area contributed by atoms with Crippen LogP contribution >= 0.6 is 15.9 Å². The molecule has 7 nitrogen and oxygen atoms in total. The molecule has 0 unspecified atom stereocenters. The molecule has 0 saturated heterocycles. The van der Waals surface area contributed by atoms with Crippen molar-refractivity contribution in [2.75, 3.05) is 0 Å². The highest BCUT2D eigenvalue weighted by Gasteiger charge is 2.24. The number of hydrogen-bond acceptors (Lipinski definition) is 4. The van der Waals surface area contributed by atoms with Crippen molar-refractivity contribution in [2.24, 2.45) is 10.8 Å². The molecule has 0 saturated carbocycles. The topological polar surface area (TPSA) is 121 Å². The van der Waals surface area contributed by atoms with Gasteiger partial charge in [0.2, 0.25) is 0 Å². The van der Waals surface area contributed by atoms with E-state index in [1.165, 1.54) is 0 Å². The average molecular weight is 401 g/mol. The Bertz CT molecular complexity index is 996. The van der Waals surface area contributed by atoms with Crippen molar-refractivity contribution in [3.8, 4) is 5.88 Å². The summed E-state index contributed by atoms with van der Waals surface area (Å²) in [5.74, 6) is 3.53. The van der Waals surface area contributed by atoms with E-state index in [1.54, 1.807) is 48.5 Å². The number of nitrogens with one attached hydrogen (secondary N) is 2. The Labute approximate surface area is 150 Å². The van der Waals surface area contributed by atoms with Crippen molar-refractivity contribution in [3.05, 3.63) is 64.1 Å². The number of nitrogens with two attached hydrogens (primary N) is 1. The first kappa shape index (κ1) is 16.9. The molecule has 3 rings (SSSR count). The molecule has 0 aliphatic rings. The molecule has 0 atom stereocenters. The van der Waals surface area contributed by atoms with Crippen molar-refractivity contribution < 1.29 is 14.7 Å². The van der Waals surface area contributed by atoms with Crippen LogP contribution in [0.3, 0.4) is 0 Å². The molecule has 2 aromatic carbocycles. The van der Waals surface area contributed by atoms with Gasteiger partial charge in [-0.05, 0) is 30.3 Å². The number of carbonyl (C=O) groups is 2. The number of aromatic amines is 1. The Hall–Kier alpha value is -2.97. The lowest BCUT2D eigenvalue weighted by atomic mass is 10.1. The summed E-state index contributed by atoms with van der Waals surface area (Å²) in [6, 6.07) is 13.5. The maximum Gasteiger partial charge on any atom is 0.284 e. The Balaban J connectivity index is 2.19. The number of halogens is 1. The monoisotopic (exact) mass is 400 g/mol. The molecular weight excluding hydrogens is 388 g/mol. The number of hydrazine groups is 1. The summed E-state index contributed by atoms with van der Waals surface area (Å²) >= 11 is 3.34. The summed E-state index contributed by atoms with van der Waals surface area (Å²) in [7, 11) is 0. The number of nitrogens with zero attached hydrogens (tertiary/aromatic N) is 1. The number of amides is 2. The standard InChI is InChI=1S/C17H13BrN4O3/c18-10-6-7-12-11(8-10)13(16(24)20-12)14(17(25)22-19)21-15(23)9-4-2-1-3-5-9/h1-8,20,24H,19H2,(H,22,25). The lowest BCUT2D eigenvalue weighted by molar-refractivity contribution is -0.114. The molecule has 0 spiro atoms. The first-order valence-corrected chi connectivity index (χ1v) is 8.00. The molecule has 8 heteroatoms. The maximum atomic E-state index is 12.4. The average Bonchev–Trinajstić information content (AvgIpc) is 2.94. The predicted molar refractivity (Wildman–Crippen MR) is 97.3 cm³/mol. The Morgan fingerprint density at radius 1 is 1.16 bits per heavy atom. The highest BCUT2D eigenvalue weighted by molar-refractivity contribution is 9.10. The van der Waals surface area contributed by atoms with Crippen molar-refractivity contribution in [3.63, 3.8) is 0 Å². The van der Waals surface area contributed by atoms with E-state index in [4.69, 9.17) is 5.84 Å². The number of hydrogen-bond donors (Lipinski definition) is 4. The van der Waals surface area contributed by atoms with Crippen LogP contribution in [0.1, 0.15) is 15.9 Å². The van der Waals surface area contributed by atoms with Gasteiger partial charge in [0.25, 0.3) is 11.8 Å². The van der Waals surface area contributed by atoms with Gasteiger partial charge in [-0.25, -0.2) is 10.8 Å². The molecular formula is C17H13BrN4O3. The van der Waals surface area contributed by atoms with E-state index in [0.29, 0.717) is 16.5 Å². The third-order valence-corrected chi connectivity index (χ3v) is 4.05. The number of benzene rings is 2. The molecule has 5 N–H and O–H groups in total. The SMILES string of the molecule is NNC(=O)C(=NC(=O)c1ccccc1)c1c(O)[nH]c2ccc(Br)cc12. The summed E-state index contributed by atoms with van der Waals surface area (Å²) in [6.45, 7) is 0. The quantitative estimate of drug-likeness (QED) is 0.233. The summed E-state index contributed by atoms with van der Waals surface area (Å²) in [6.07, 6.45) is 0. The molecule has 2 amide bonds. The van der Waals surface area contributed by atoms with Gasteiger partial charge in [0.1, 0.15) is 5.71 Å². The second-order valence-electron chi connectivity index (χ2n) is 5.14. The smallest absolute Gasteiger partial charge is 0.284 e. The fourth-order valence-electron chi connectivity index (χ4n) is 2.43. The van der Waals surface area contributed by atoms with Crippen LogP contribution in [0.2, 0.25) is 0 Å². The second kappa shape index (κ2) is 6.88. The van der Waals surface area contributed by atoms with Crippen LogP contribution in [0.5, 0.6) is 5.88 Å². The fraction of sp³-hybridized carbons (Fsp3) is 0. The second-order valence-corrected chi connectivity index (χ2v) is 6.06. The lowest BCUT2D eigenvalue weighted by Crippen LogP contribution is -2.37. The Morgan fingerprint density at radius 2 is 1.88 bits per heavy atom. The van der Waals surface area contributed by atoms with E-state index in [1.807, 2.05) is 5.43 Å². The van der Waals surface area contributed by atoms with E-state index < -0.39 is 11.8 Å². The van der Waals surface area contributed by atoms with Crippen LogP contribution in [0.15, 0.2) is 58.0 Å². The van der Waals surface area contributed by atoms with E-state index >= 15 is 0 Å². The zero-order valence-electron chi connectivity index (χ0n) is 12.8. The highest BCUT2D eigenvalue weighted by atomic mass is 79.9. The summed E-state index contributed by atoms with van der Waals surface area (Å²) < 4.78 is 0.738. The van der Waals surface area contributed by atoms with E-state index in [0.717, 1.165) is 4.47 Å². The van der Waals surface area contributed by atoms with E-state index in [2.05, 4.69) is 25.9 Å². The maximum absolute atomic E-state index is 12.4. The fourth-order valence-corrected chi connectivity index (χ4v) is 2.79. The summed E-state index contributed by atoms with van der Waals surface area (Å²) in [5.41, 5.74) is 2.67. The first-order chi connectivity index (χ1) is 12.0. The normalized spacial score (nSPS) is 11.5. The summed E-state index contributed by atoms with van der Waals surface area (Å²) in [4.78, 5) is 31.2. The van der Waals surface area contributed by atoms with Gasteiger partial charge in [0.05, 0.1) is 5.56 Å². The first-order valence-electron chi connectivity index (χ1n) is 7.21. The van der Waals surface area contributed by atoms with Gasteiger partial charge in [-0.3, -0.25) is 15.0 Å². The van der Waals surface area contributed by atoms with Gasteiger partial charge in [-0.1, -0.05) is 34.1 Å². The van der Waals surface area contributed by atoms with Crippen molar-refractivity contribution in [1.82, 2.24) is 10.4 Å². The number of carbonyl (C=O) groups excluding carboxylic acids is 2. The lowest BCUT2D eigenvalue weighted by Gasteiger charge is -2.05. The van der Waals surface area contributed by atoms with Crippen LogP contribution in [0, 0.1) is 0 Å². The van der Waals surface area contributed by atoms with Crippen molar-refractivity contribution >= 4 is 44.4 Å². The minimum absolute atomic E-state index is 0.100. The number of aromatic nitrogens is 1. The number of aliphatic imine (C=N–C) groups is 1. The zero-order valence-corrected chi connectivity index (χ0v) is 14.4. The molecule has 0 fully saturated rings. The molecule has 0 aliphatic carbocycles. The number of fused-ring (bicyclic) bond motifs is 1. The summed E-state index contributed by atoms with van der Waals surface area (Å²) in [5, 5.41) is 10.8. The van der Waals surface area contributed by atoms with Gasteiger partial charge in [-0.15, -0.1) is 0 Å². The molecule has 1 aromatic heterocycles. The molecule has 1 heterocycles. The molecule has 126 valence electrons. The van der Waals surface area contributed by atoms with Gasteiger partial charge >= 0.3 is 0 Å². The minimum atomic E-state index is -0.791. The van der Waals surface area contributed by atoms with E-state index in [-0.39, 0.29) is 17.2 Å². The zero-order chi connectivity index (χ0) is 18.0. The highest BCUT2D eigenvalue weighted by Crippen LogP contribution is 2.30. The molecule has 0 bridgehead atoms. The third kappa shape index (κ3) is 3.30. The van der Waals surface area contributed by atoms with Crippen LogP contribution in [0.25, 0.3) is 10.9 Å². The predicted octanol–water partition coefficient (Wildman–Crippen LogP) is 2.26. The van der Waals surface area contributed by atoms with Crippen LogP contribution in [0.4, 0.5) is 0 Å². The van der Waals surface area contributed by atoms with Crippen LogP contribution in [-0.2, 0) is 4.79 Å². The molecule has 0 radical (unpaired) electrons. The Morgan fingerprint density at radius 3 is 2.56 bits per heavy atom. The third-order valence-electron chi connectivity index (χ3n) is 3.56. The van der Waals surface area contributed by atoms with Crippen molar-refractivity contribution in [2.45, 2.75) is 0 Å². The van der Waals surface area contributed by atoms with Gasteiger partial charge < -0.3 is 10.1 Å². The number of aromatic hydroxyl groups is 1. The van der Waals surface area contributed by atoms with Crippen LogP contribution < -0.4 is 11.3 Å². The Kier molecular flexibility index (Phi) is 4.64.